The van der Waals surface area contributed by atoms with Crippen LogP contribution in [-0.4, -0.2) is 118 Å². The van der Waals surface area contributed by atoms with Gasteiger partial charge in [-0.3, -0.25) is 14.5 Å². The second kappa shape index (κ2) is 18.2. The second-order valence-electron chi connectivity index (χ2n) is 15.2. The number of ether oxygens (including phenoxy) is 4. The molecular formula is C32H60N4O10. The van der Waals surface area contributed by atoms with Crippen molar-refractivity contribution >= 4 is 30.2 Å². The highest BCUT2D eigenvalue weighted by molar-refractivity contribution is 5.77. The third kappa shape index (κ3) is 21.4. The summed E-state index contributed by atoms with van der Waals surface area (Å²) in [5, 5.41) is 9.28. The van der Waals surface area contributed by atoms with Crippen molar-refractivity contribution in [3.05, 3.63) is 0 Å². The molecule has 3 N–H and O–H groups in total. The van der Waals surface area contributed by atoms with Gasteiger partial charge in [0, 0.05) is 32.7 Å². The molecule has 0 aromatic heterocycles. The molecule has 0 spiro atoms. The number of amides is 3. The summed E-state index contributed by atoms with van der Waals surface area (Å²) in [5.41, 5.74) is 3.07. The molecule has 268 valence electrons. The number of unbranched alkanes of at least 4 members (excludes halogenated alkanes) is 1. The fourth-order valence-corrected chi connectivity index (χ4v) is 3.81. The van der Waals surface area contributed by atoms with Gasteiger partial charge < -0.3 is 39.6 Å². The van der Waals surface area contributed by atoms with Gasteiger partial charge in [-0.05, 0) is 109 Å². The van der Waals surface area contributed by atoms with E-state index in [0.29, 0.717) is 12.8 Å². The molecule has 0 fully saturated rings. The largest absolute Gasteiger partial charge is 0.480 e. The van der Waals surface area contributed by atoms with E-state index in [0.717, 1.165) is 4.90 Å². The van der Waals surface area contributed by atoms with E-state index in [1.807, 2.05) is 0 Å². The Labute approximate surface area is 275 Å². The van der Waals surface area contributed by atoms with Crippen LogP contribution in [0.2, 0.25) is 0 Å². The second-order valence-corrected chi connectivity index (χ2v) is 15.2. The van der Waals surface area contributed by atoms with E-state index >= 15 is 0 Å². The average Bonchev–Trinajstić information content (AvgIpc) is 2.81. The number of nitrogens with two attached hydrogens (primary N) is 1. The first-order valence-corrected chi connectivity index (χ1v) is 15.8. The molecule has 0 bridgehead atoms. The molecule has 0 aromatic rings. The summed E-state index contributed by atoms with van der Waals surface area (Å²) >= 11 is 0. The molecule has 14 nitrogen and oxygen atoms in total. The van der Waals surface area contributed by atoms with Gasteiger partial charge in [0.25, 0.3) is 0 Å². The number of esters is 1. The number of nitrogens with zero attached hydrogens (tertiary/aromatic N) is 3. The minimum Gasteiger partial charge on any atom is -0.480 e. The molecule has 0 rings (SSSR count). The Bertz CT molecular complexity index is 1010. The molecule has 0 aliphatic heterocycles. The van der Waals surface area contributed by atoms with E-state index in [2.05, 4.69) is 0 Å². The maximum atomic E-state index is 13.0. The molecular weight excluding hydrogens is 600 g/mol. The zero-order valence-corrected chi connectivity index (χ0v) is 30.2. The fraction of sp³-hybridized carbons (Fsp3) is 0.844. The molecule has 0 heterocycles. The minimum atomic E-state index is -1.18. The van der Waals surface area contributed by atoms with Gasteiger partial charge in [-0.2, -0.15) is 0 Å². The molecule has 0 aromatic carbocycles. The lowest BCUT2D eigenvalue weighted by molar-refractivity contribution is -0.156. The van der Waals surface area contributed by atoms with Crippen molar-refractivity contribution in [3.63, 3.8) is 0 Å². The van der Waals surface area contributed by atoms with Crippen molar-refractivity contribution in [2.45, 2.75) is 137 Å². The van der Waals surface area contributed by atoms with Crippen molar-refractivity contribution in [2.75, 3.05) is 39.3 Å². The van der Waals surface area contributed by atoms with Gasteiger partial charge in [0.15, 0.2) is 0 Å². The Morgan fingerprint density at radius 2 is 0.870 bits per heavy atom. The first kappa shape index (κ1) is 42.7. The summed E-state index contributed by atoms with van der Waals surface area (Å²) in [6.45, 7) is 21.3. The van der Waals surface area contributed by atoms with Crippen molar-refractivity contribution in [1.29, 1.82) is 0 Å². The lowest BCUT2D eigenvalue weighted by Crippen LogP contribution is -2.43. The standard InChI is InChI=1S/C32H60N4O10/c1-29(2,3)43-25(39)23(33)16-21-35(27(41)45-31(7,8)9)18-14-13-17-34(26(40)44-30(4,5)6)19-15-20-36(22-24(37)38)28(42)46-32(10,11)12/h23H,13-22,33H2,1-12H3,(H,37,38). The molecule has 14 heteroatoms. The van der Waals surface area contributed by atoms with E-state index in [4.69, 9.17) is 24.7 Å². The lowest BCUT2D eigenvalue weighted by Gasteiger charge is -2.30. The number of carbonyl (C=O) groups excluding carboxylic acids is 4. The first-order valence-electron chi connectivity index (χ1n) is 15.8. The molecule has 1 unspecified atom stereocenters. The van der Waals surface area contributed by atoms with E-state index in [1.54, 1.807) is 83.1 Å². The molecule has 3 amide bonds. The van der Waals surface area contributed by atoms with E-state index in [9.17, 15) is 29.1 Å². The number of aliphatic carboxylic acids is 1. The number of hydrogen-bond donors (Lipinski definition) is 2. The van der Waals surface area contributed by atoms with Crippen LogP contribution in [0.5, 0.6) is 0 Å². The van der Waals surface area contributed by atoms with Gasteiger partial charge in [-0.1, -0.05) is 0 Å². The summed E-state index contributed by atoms with van der Waals surface area (Å²) in [6, 6.07) is -0.923. The van der Waals surface area contributed by atoms with Crippen molar-refractivity contribution in [2.24, 2.45) is 5.73 Å². The van der Waals surface area contributed by atoms with Crippen LogP contribution in [0, 0.1) is 0 Å². The van der Waals surface area contributed by atoms with Crippen LogP contribution in [-0.2, 0) is 28.5 Å². The SMILES string of the molecule is CC(C)(C)OC(=O)C(N)CCN(CCCCN(CCCN(CC(=O)O)C(=O)OC(C)(C)C)C(=O)OC(C)(C)C)C(=O)OC(C)(C)C. The van der Waals surface area contributed by atoms with Crippen molar-refractivity contribution < 1.29 is 48.0 Å². The summed E-state index contributed by atoms with van der Waals surface area (Å²) in [5.74, 6) is -1.74. The van der Waals surface area contributed by atoms with Gasteiger partial charge in [0.2, 0.25) is 0 Å². The highest BCUT2D eigenvalue weighted by atomic mass is 16.6. The number of carboxylic acid groups (broad SMARTS) is 1. The summed E-state index contributed by atoms with van der Waals surface area (Å²) < 4.78 is 21.8. The Kier molecular flexibility index (Phi) is 16.9. The Morgan fingerprint density at radius 1 is 0.543 bits per heavy atom. The smallest absolute Gasteiger partial charge is 0.410 e. The van der Waals surface area contributed by atoms with Crippen LogP contribution >= 0.6 is 0 Å². The zero-order valence-electron chi connectivity index (χ0n) is 30.2. The van der Waals surface area contributed by atoms with Gasteiger partial charge in [-0.15, -0.1) is 0 Å². The fourth-order valence-electron chi connectivity index (χ4n) is 3.81. The number of rotatable bonds is 15. The Morgan fingerprint density at radius 3 is 1.24 bits per heavy atom. The molecule has 0 aliphatic rings. The minimum absolute atomic E-state index is 0.0465. The molecule has 0 radical (unpaired) electrons. The normalized spacial score (nSPS) is 12.9. The van der Waals surface area contributed by atoms with Gasteiger partial charge in [0.05, 0.1) is 0 Å². The third-order valence-electron chi connectivity index (χ3n) is 5.66. The van der Waals surface area contributed by atoms with E-state index < -0.39 is 65.2 Å². The van der Waals surface area contributed by atoms with Gasteiger partial charge >= 0.3 is 30.2 Å². The summed E-state index contributed by atoms with van der Waals surface area (Å²) in [4.78, 5) is 66.3. The number of carbonyl (C=O) groups is 5. The predicted molar refractivity (Wildman–Crippen MR) is 173 cm³/mol. The summed E-state index contributed by atoms with van der Waals surface area (Å²) in [6.07, 6.45) is -0.436. The number of carboxylic acids is 1. The Balaban J connectivity index is 5.49. The topological polar surface area (TPSA) is 178 Å². The van der Waals surface area contributed by atoms with E-state index in [-0.39, 0.29) is 45.6 Å². The van der Waals surface area contributed by atoms with Crippen LogP contribution in [0.3, 0.4) is 0 Å². The van der Waals surface area contributed by atoms with Crippen LogP contribution in [0.4, 0.5) is 14.4 Å². The molecule has 0 aliphatic carbocycles. The molecule has 46 heavy (non-hydrogen) atoms. The monoisotopic (exact) mass is 660 g/mol. The van der Waals surface area contributed by atoms with Crippen molar-refractivity contribution in [3.8, 4) is 0 Å². The van der Waals surface area contributed by atoms with Crippen LogP contribution in [0.15, 0.2) is 0 Å². The predicted octanol–water partition coefficient (Wildman–Crippen LogP) is 5.01. The van der Waals surface area contributed by atoms with Gasteiger partial charge in [-0.25, -0.2) is 14.4 Å². The van der Waals surface area contributed by atoms with E-state index in [1.165, 1.54) is 9.80 Å². The highest BCUT2D eigenvalue weighted by Gasteiger charge is 2.28. The maximum absolute atomic E-state index is 13.0. The molecule has 0 saturated carbocycles. The third-order valence-corrected chi connectivity index (χ3v) is 5.66. The summed E-state index contributed by atoms with van der Waals surface area (Å²) in [7, 11) is 0. The average molecular weight is 661 g/mol. The van der Waals surface area contributed by atoms with Crippen molar-refractivity contribution in [1.82, 2.24) is 14.7 Å². The lowest BCUT2D eigenvalue weighted by atomic mass is 10.1. The quantitative estimate of drug-likeness (QED) is 0.137. The molecule has 1 atom stereocenters. The van der Waals surface area contributed by atoms with Crippen LogP contribution in [0.1, 0.15) is 109 Å². The van der Waals surface area contributed by atoms with Crippen LogP contribution < -0.4 is 5.73 Å². The molecule has 0 saturated heterocycles. The zero-order chi connectivity index (χ0) is 36.1. The first-order chi connectivity index (χ1) is 20.7. The number of hydrogen-bond acceptors (Lipinski definition) is 10. The Hall–Kier alpha value is -3.29. The van der Waals surface area contributed by atoms with Gasteiger partial charge in [0.1, 0.15) is 35.0 Å². The highest BCUT2D eigenvalue weighted by Crippen LogP contribution is 2.15. The maximum Gasteiger partial charge on any atom is 0.410 e. The van der Waals surface area contributed by atoms with Crippen LogP contribution in [0.25, 0.3) is 0 Å².